The molecule has 3 heteroatoms. The van der Waals surface area contributed by atoms with E-state index in [2.05, 4.69) is 60.4 Å². The third-order valence-corrected chi connectivity index (χ3v) is 8.95. The lowest BCUT2D eigenvalue weighted by Crippen LogP contribution is -2.44. The highest BCUT2D eigenvalue weighted by molar-refractivity contribution is 6.74. The standard InChI is InChI=1S/C18H30O2Si/c1-10-11-15-12-16(13(2)14(3)17(15)19-7)20-21(8,9)18(4,5)6/h10,12H,1,11H2,2-9H3. The second-order valence-corrected chi connectivity index (χ2v) is 11.9. The van der Waals surface area contributed by atoms with Crippen LogP contribution in [0.4, 0.5) is 0 Å². The van der Waals surface area contributed by atoms with Crippen molar-refractivity contribution in [1.29, 1.82) is 0 Å². The van der Waals surface area contributed by atoms with Gasteiger partial charge in [0.15, 0.2) is 0 Å². The van der Waals surface area contributed by atoms with Crippen LogP contribution >= 0.6 is 0 Å². The molecule has 0 aliphatic heterocycles. The molecule has 0 bridgehead atoms. The lowest BCUT2D eigenvalue weighted by atomic mass is 10.0. The van der Waals surface area contributed by atoms with Crippen LogP contribution in [0.25, 0.3) is 0 Å². The van der Waals surface area contributed by atoms with E-state index in [9.17, 15) is 0 Å². The maximum Gasteiger partial charge on any atom is 0.250 e. The summed E-state index contributed by atoms with van der Waals surface area (Å²) in [7, 11) is -0.115. The molecule has 0 heterocycles. The van der Waals surface area contributed by atoms with Gasteiger partial charge in [-0.1, -0.05) is 26.8 Å². The molecule has 1 aromatic carbocycles. The SMILES string of the molecule is C=CCc1cc(O[Si](C)(C)C(C)(C)C)c(C)c(C)c1OC. The van der Waals surface area contributed by atoms with Crippen molar-refractivity contribution < 1.29 is 9.16 Å². The van der Waals surface area contributed by atoms with Crippen LogP contribution in [-0.2, 0) is 6.42 Å². The van der Waals surface area contributed by atoms with E-state index in [-0.39, 0.29) is 5.04 Å². The van der Waals surface area contributed by atoms with Crippen molar-refractivity contribution in [3.05, 3.63) is 35.4 Å². The maximum atomic E-state index is 6.51. The average Bonchev–Trinajstić information content (AvgIpc) is 2.34. The van der Waals surface area contributed by atoms with Crippen LogP contribution in [0.2, 0.25) is 18.1 Å². The maximum absolute atomic E-state index is 6.51. The first-order valence-corrected chi connectivity index (χ1v) is 10.4. The highest BCUT2D eigenvalue weighted by Gasteiger charge is 2.39. The lowest BCUT2D eigenvalue weighted by Gasteiger charge is -2.37. The summed E-state index contributed by atoms with van der Waals surface area (Å²) >= 11 is 0. The fourth-order valence-electron chi connectivity index (χ4n) is 2.05. The Balaban J connectivity index is 3.35. The molecule has 0 fully saturated rings. The first-order chi connectivity index (χ1) is 9.55. The molecule has 0 aromatic heterocycles. The minimum atomic E-state index is -1.84. The molecule has 0 spiro atoms. The Kier molecular flexibility index (Phi) is 5.32. The summed E-state index contributed by atoms with van der Waals surface area (Å²) in [6, 6.07) is 2.13. The second kappa shape index (κ2) is 6.26. The zero-order valence-electron chi connectivity index (χ0n) is 14.9. The third-order valence-electron chi connectivity index (χ3n) is 4.61. The molecule has 0 saturated heterocycles. The summed E-state index contributed by atoms with van der Waals surface area (Å²) in [6.45, 7) is 19.4. The second-order valence-electron chi connectivity index (χ2n) is 7.17. The Hall–Kier alpha value is -1.22. The summed E-state index contributed by atoms with van der Waals surface area (Å²) in [6.07, 6.45) is 2.70. The van der Waals surface area contributed by atoms with Gasteiger partial charge in [0, 0.05) is 5.56 Å². The van der Waals surface area contributed by atoms with Gasteiger partial charge in [0.25, 0.3) is 0 Å². The molecule has 0 radical (unpaired) electrons. The average molecular weight is 307 g/mol. The molecule has 0 aliphatic carbocycles. The normalized spacial score (nSPS) is 12.2. The van der Waals surface area contributed by atoms with Crippen LogP contribution in [0, 0.1) is 13.8 Å². The van der Waals surface area contributed by atoms with Gasteiger partial charge < -0.3 is 9.16 Å². The molecule has 2 nitrogen and oxygen atoms in total. The molecule has 1 rings (SSSR count). The van der Waals surface area contributed by atoms with Gasteiger partial charge in [-0.3, -0.25) is 0 Å². The number of hydrogen-bond acceptors (Lipinski definition) is 2. The number of hydrogen-bond donors (Lipinski definition) is 0. The molecule has 0 saturated carbocycles. The number of benzene rings is 1. The quantitative estimate of drug-likeness (QED) is 0.534. The van der Waals surface area contributed by atoms with Gasteiger partial charge >= 0.3 is 0 Å². The minimum Gasteiger partial charge on any atom is -0.543 e. The Morgan fingerprint density at radius 1 is 1.19 bits per heavy atom. The number of rotatable bonds is 5. The largest absolute Gasteiger partial charge is 0.543 e. The highest BCUT2D eigenvalue weighted by Crippen LogP contribution is 2.40. The Bertz CT molecular complexity index is 525. The summed E-state index contributed by atoms with van der Waals surface area (Å²) in [5.41, 5.74) is 3.47. The van der Waals surface area contributed by atoms with Crippen LogP contribution in [0.1, 0.15) is 37.5 Å². The van der Waals surface area contributed by atoms with Gasteiger partial charge in [-0.25, -0.2) is 0 Å². The van der Waals surface area contributed by atoms with Crippen molar-refractivity contribution in [2.75, 3.05) is 7.11 Å². The van der Waals surface area contributed by atoms with Crippen LogP contribution < -0.4 is 9.16 Å². The van der Waals surface area contributed by atoms with E-state index in [4.69, 9.17) is 9.16 Å². The zero-order chi connectivity index (χ0) is 16.4. The molecule has 118 valence electrons. The topological polar surface area (TPSA) is 18.5 Å². The highest BCUT2D eigenvalue weighted by atomic mass is 28.4. The van der Waals surface area contributed by atoms with Gasteiger partial charge in [-0.05, 0) is 55.6 Å². The Morgan fingerprint density at radius 3 is 2.19 bits per heavy atom. The third kappa shape index (κ3) is 3.70. The fourth-order valence-corrected chi connectivity index (χ4v) is 3.12. The molecule has 1 aromatic rings. The van der Waals surface area contributed by atoms with Gasteiger partial charge in [0.1, 0.15) is 11.5 Å². The first kappa shape index (κ1) is 17.8. The fraction of sp³-hybridized carbons (Fsp3) is 0.556. The summed E-state index contributed by atoms with van der Waals surface area (Å²) in [5.74, 6) is 1.95. The number of allylic oxidation sites excluding steroid dienone is 1. The zero-order valence-corrected chi connectivity index (χ0v) is 15.9. The van der Waals surface area contributed by atoms with E-state index < -0.39 is 8.32 Å². The summed E-state index contributed by atoms with van der Waals surface area (Å²) < 4.78 is 12.1. The van der Waals surface area contributed by atoms with E-state index in [0.29, 0.717) is 0 Å². The summed E-state index contributed by atoms with van der Waals surface area (Å²) in [5, 5.41) is 0.186. The molecular formula is C18H30O2Si. The van der Waals surface area contributed by atoms with Crippen molar-refractivity contribution in [1.82, 2.24) is 0 Å². The van der Waals surface area contributed by atoms with Gasteiger partial charge in [-0.15, -0.1) is 6.58 Å². The van der Waals surface area contributed by atoms with Gasteiger partial charge in [0.2, 0.25) is 8.32 Å². The van der Waals surface area contributed by atoms with E-state index in [0.717, 1.165) is 29.0 Å². The van der Waals surface area contributed by atoms with Crippen molar-refractivity contribution in [2.24, 2.45) is 0 Å². The lowest BCUT2D eigenvalue weighted by molar-refractivity contribution is 0.405. The molecular weight excluding hydrogens is 276 g/mol. The Morgan fingerprint density at radius 2 is 1.76 bits per heavy atom. The molecule has 0 atom stereocenters. The molecule has 0 aliphatic rings. The molecule has 0 N–H and O–H groups in total. The Labute approximate surface area is 131 Å². The predicted molar refractivity (Wildman–Crippen MR) is 94.2 cm³/mol. The van der Waals surface area contributed by atoms with E-state index in [1.165, 1.54) is 5.56 Å². The van der Waals surface area contributed by atoms with Crippen LogP contribution in [-0.4, -0.2) is 15.4 Å². The van der Waals surface area contributed by atoms with Gasteiger partial charge in [-0.2, -0.15) is 0 Å². The molecule has 0 unspecified atom stereocenters. The van der Waals surface area contributed by atoms with Crippen molar-refractivity contribution in [2.45, 2.75) is 59.2 Å². The minimum absolute atomic E-state index is 0.186. The van der Waals surface area contributed by atoms with Crippen LogP contribution in [0.15, 0.2) is 18.7 Å². The number of methoxy groups -OCH3 is 1. The molecule has 0 amide bonds. The van der Waals surface area contributed by atoms with Crippen LogP contribution in [0.5, 0.6) is 11.5 Å². The van der Waals surface area contributed by atoms with E-state index in [1.807, 2.05) is 6.08 Å². The first-order valence-electron chi connectivity index (χ1n) is 7.52. The monoisotopic (exact) mass is 306 g/mol. The van der Waals surface area contributed by atoms with E-state index in [1.54, 1.807) is 7.11 Å². The predicted octanol–water partition coefficient (Wildman–Crippen LogP) is 5.42. The van der Waals surface area contributed by atoms with Crippen molar-refractivity contribution in [3.63, 3.8) is 0 Å². The van der Waals surface area contributed by atoms with Gasteiger partial charge in [0.05, 0.1) is 7.11 Å². The summed E-state index contributed by atoms with van der Waals surface area (Å²) in [4.78, 5) is 0. The number of ether oxygens (including phenoxy) is 1. The van der Waals surface area contributed by atoms with Crippen molar-refractivity contribution >= 4 is 8.32 Å². The smallest absolute Gasteiger partial charge is 0.250 e. The van der Waals surface area contributed by atoms with Crippen molar-refractivity contribution in [3.8, 4) is 11.5 Å². The van der Waals surface area contributed by atoms with Crippen LogP contribution in [0.3, 0.4) is 0 Å². The van der Waals surface area contributed by atoms with E-state index >= 15 is 0 Å². The molecule has 21 heavy (non-hydrogen) atoms.